The van der Waals surface area contributed by atoms with E-state index in [1.165, 1.54) is 42.7 Å². The molecule has 8 nitrogen and oxygen atoms in total. The number of benzene rings is 3. The molecule has 6 rings (SSSR count). The molecule has 3 heterocycles. The SMILES string of the molecule is CNC(=O)c1c(-c2ccc(F)cc2)oc2cc(N(C)S(C)(=O)=O)c(-c3ccc4ccn(-c5cccnc5)c4c3)cc12. The van der Waals surface area contributed by atoms with E-state index in [2.05, 4.69) is 10.3 Å². The van der Waals surface area contributed by atoms with Gasteiger partial charge in [-0.2, -0.15) is 0 Å². The smallest absolute Gasteiger partial charge is 0.255 e. The summed E-state index contributed by atoms with van der Waals surface area (Å²) in [6.07, 6.45) is 6.55. The van der Waals surface area contributed by atoms with Gasteiger partial charge in [0.05, 0.1) is 34.9 Å². The number of carbonyl (C=O) groups excluding carboxylic acids is 1. The molecule has 3 aromatic carbocycles. The zero-order valence-corrected chi connectivity index (χ0v) is 23.2. The maximum Gasteiger partial charge on any atom is 0.255 e. The van der Waals surface area contributed by atoms with Crippen LogP contribution in [0.1, 0.15) is 10.4 Å². The van der Waals surface area contributed by atoms with Crippen LogP contribution in [0.3, 0.4) is 0 Å². The second-order valence-electron chi connectivity index (χ2n) is 9.66. The topological polar surface area (TPSA) is 97.4 Å². The van der Waals surface area contributed by atoms with Crippen molar-refractivity contribution < 1.29 is 22.0 Å². The van der Waals surface area contributed by atoms with E-state index in [9.17, 15) is 17.6 Å². The number of pyridine rings is 1. The number of halogens is 1. The minimum absolute atomic E-state index is 0.255. The molecule has 0 saturated carbocycles. The average molecular weight is 569 g/mol. The van der Waals surface area contributed by atoms with Gasteiger partial charge >= 0.3 is 0 Å². The van der Waals surface area contributed by atoms with E-state index in [4.69, 9.17) is 4.42 Å². The van der Waals surface area contributed by atoms with Gasteiger partial charge in [0.2, 0.25) is 10.0 Å². The predicted octanol–water partition coefficient (Wildman–Crippen LogP) is 6.00. The van der Waals surface area contributed by atoms with Gasteiger partial charge in [-0.05, 0) is 65.5 Å². The van der Waals surface area contributed by atoms with Crippen molar-refractivity contribution in [2.75, 3.05) is 24.7 Å². The first kappa shape index (κ1) is 26.3. The van der Waals surface area contributed by atoms with E-state index >= 15 is 0 Å². The molecule has 0 aliphatic heterocycles. The Morgan fingerprint density at radius 3 is 2.46 bits per heavy atom. The fraction of sp³-hybridized carbons (Fsp3) is 0.0968. The molecule has 0 aliphatic rings. The van der Waals surface area contributed by atoms with Crippen molar-refractivity contribution in [2.24, 2.45) is 0 Å². The van der Waals surface area contributed by atoms with Crippen LogP contribution in [0, 0.1) is 5.82 Å². The molecule has 41 heavy (non-hydrogen) atoms. The third kappa shape index (κ3) is 4.62. The molecular weight excluding hydrogens is 543 g/mol. The van der Waals surface area contributed by atoms with Crippen LogP contribution in [0.15, 0.2) is 95.8 Å². The maximum atomic E-state index is 13.7. The zero-order chi connectivity index (χ0) is 28.9. The number of amides is 1. The summed E-state index contributed by atoms with van der Waals surface area (Å²) in [4.78, 5) is 17.4. The number of sulfonamides is 1. The third-order valence-corrected chi connectivity index (χ3v) is 8.32. The van der Waals surface area contributed by atoms with Gasteiger partial charge in [-0.3, -0.25) is 14.1 Å². The summed E-state index contributed by atoms with van der Waals surface area (Å²) in [6, 6.07) is 20.7. The van der Waals surface area contributed by atoms with Crippen molar-refractivity contribution >= 4 is 43.5 Å². The molecule has 0 radical (unpaired) electrons. The fourth-order valence-electron chi connectivity index (χ4n) is 4.97. The van der Waals surface area contributed by atoms with Crippen molar-refractivity contribution in [3.05, 3.63) is 103 Å². The van der Waals surface area contributed by atoms with Crippen molar-refractivity contribution in [2.45, 2.75) is 0 Å². The van der Waals surface area contributed by atoms with Crippen LogP contribution in [-0.2, 0) is 10.0 Å². The molecule has 1 N–H and O–H groups in total. The zero-order valence-electron chi connectivity index (χ0n) is 22.4. The van der Waals surface area contributed by atoms with Crippen LogP contribution in [0.25, 0.3) is 50.0 Å². The van der Waals surface area contributed by atoms with Crippen molar-refractivity contribution in [3.8, 4) is 28.1 Å². The van der Waals surface area contributed by atoms with Crippen molar-refractivity contribution in [1.29, 1.82) is 0 Å². The van der Waals surface area contributed by atoms with Crippen LogP contribution in [0.5, 0.6) is 0 Å². The Morgan fingerprint density at radius 2 is 1.78 bits per heavy atom. The van der Waals surface area contributed by atoms with Crippen LogP contribution < -0.4 is 9.62 Å². The van der Waals surface area contributed by atoms with Gasteiger partial charge in [-0.1, -0.05) is 12.1 Å². The molecule has 6 aromatic rings. The highest BCUT2D eigenvalue weighted by Crippen LogP contribution is 2.42. The highest BCUT2D eigenvalue weighted by Gasteiger charge is 2.26. The number of hydrogen-bond acceptors (Lipinski definition) is 5. The van der Waals surface area contributed by atoms with Crippen LogP contribution >= 0.6 is 0 Å². The summed E-state index contributed by atoms with van der Waals surface area (Å²) in [6.45, 7) is 0. The maximum absolute atomic E-state index is 13.7. The lowest BCUT2D eigenvalue weighted by molar-refractivity contribution is 0.0964. The second kappa shape index (κ2) is 9.90. The monoisotopic (exact) mass is 568 g/mol. The largest absolute Gasteiger partial charge is 0.455 e. The Kier molecular flexibility index (Phi) is 6.34. The first-order chi connectivity index (χ1) is 19.7. The summed E-state index contributed by atoms with van der Waals surface area (Å²) in [5.41, 5.74) is 4.57. The average Bonchev–Trinajstić information content (AvgIpc) is 3.57. The fourth-order valence-corrected chi connectivity index (χ4v) is 5.48. The molecule has 1 amide bonds. The quantitative estimate of drug-likeness (QED) is 0.266. The Labute approximate surface area is 235 Å². The number of rotatable bonds is 6. The minimum atomic E-state index is -3.66. The van der Waals surface area contributed by atoms with Crippen molar-refractivity contribution in [1.82, 2.24) is 14.9 Å². The van der Waals surface area contributed by atoms with E-state index in [1.807, 2.05) is 47.2 Å². The predicted molar refractivity (Wildman–Crippen MR) is 158 cm³/mol. The standard InChI is InChI=1S/C31H25FN4O4S/c1-33-31(37)29-25-16-24(21-7-6-19-12-14-36(26(19)15-21)23-5-4-13-34-18-23)27(35(2)41(3,38)39)17-28(25)40-30(29)20-8-10-22(32)11-9-20/h4-18H,1-3H3,(H,33,37). The number of fused-ring (bicyclic) bond motifs is 2. The van der Waals surface area contributed by atoms with Crippen LogP contribution in [0.4, 0.5) is 10.1 Å². The van der Waals surface area contributed by atoms with E-state index in [-0.39, 0.29) is 17.2 Å². The number of furan rings is 1. The van der Waals surface area contributed by atoms with Gasteiger partial charge in [0.25, 0.3) is 5.91 Å². The first-order valence-corrected chi connectivity index (χ1v) is 14.5. The molecule has 3 aromatic heterocycles. The summed E-state index contributed by atoms with van der Waals surface area (Å²) < 4.78 is 48.5. The third-order valence-electron chi connectivity index (χ3n) is 7.13. The number of aromatic nitrogens is 2. The first-order valence-electron chi connectivity index (χ1n) is 12.7. The number of hydrogen-bond donors (Lipinski definition) is 1. The molecule has 206 valence electrons. The molecule has 10 heteroatoms. The summed E-state index contributed by atoms with van der Waals surface area (Å²) in [5.74, 6) is -0.554. The van der Waals surface area contributed by atoms with Gasteiger partial charge < -0.3 is 14.3 Å². The molecule has 0 atom stereocenters. The molecule has 0 saturated heterocycles. The highest BCUT2D eigenvalue weighted by atomic mass is 32.2. The van der Waals surface area contributed by atoms with Gasteiger partial charge in [0.15, 0.2) is 0 Å². The van der Waals surface area contributed by atoms with E-state index in [0.717, 1.165) is 28.4 Å². The van der Waals surface area contributed by atoms with Gasteiger partial charge in [0, 0.05) is 49.1 Å². The number of carbonyl (C=O) groups is 1. The molecule has 0 bridgehead atoms. The molecule has 0 fully saturated rings. The van der Waals surface area contributed by atoms with Crippen LogP contribution in [-0.4, -0.2) is 44.2 Å². The number of nitrogens with one attached hydrogen (secondary N) is 1. The van der Waals surface area contributed by atoms with Gasteiger partial charge in [-0.15, -0.1) is 0 Å². The van der Waals surface area contributed by atoms with Crippen LogP contribution in [0.2, 0.25) is 0 Å². The van der Waals surface area contributed by atoms with Crippen molar-refractivity contribution in [3.63, 3.8) is 0 Å². The van der Waals surface area contributed by atoms with Gasteiger partial charge in [0.1, 0.15) is 17.2 Å². The summed E-state index contributed by atoms with van der Waals surface area (Å²) in [7, 11) is -0.673. The number of nitrogens with zero attached hydrogens (tertiary/aromatic N) is 3. The Bertz CT molecular complexity index is 2050. The van der Waals surface area contributed by atoms with E-state index in [1.54, 1.807) is 24.5 Å². The second-order valence-corrected chi connectivity index (χ2v) is 11.7. The van der Waals surface area contributed by atoms with E-state index < -0.39 is 15.8 Å². The molecule has 0 unspecified atom stereocenters. The Hall–Kier alpha value is -4.96. The lowest BCUT2D eigenvalue weighted by Crippen LogP contribution is -2.25. The Balaban J connectivity index is 1.64. The molecular formula is C31H25FN4O4S. The lowest BCUT2D eigenvalue weighted by Gasteiger charge is -2.21. The van der Waals surface area contributed by atoms with E-state index in [0.29, 0.717) is 27.8 Å². The summed E-state index contributed by atoms with van der Waals surface area (Å²) >= 11 is 0. The Morgan fingerprint density at radius 1 is 1.02 bits per heavy atom. The summed E-state index contributed by atoms with van der Waals surface area (Å²) in [5, 5.41) is 4.14. The highest BCUT2D eigenvalue weighted by molar-refractivity contribution is 7.92. The molecule has 0 spiro atoms. The minimum Gasteiger partial charge on any atom is -0.455 e. The lowest BCUT2D eigenvalue weighted by atomic mass is 9.98. The number of anilines is 1. The normalized spacial score (nSPS) is 11.7. The molecule has 0 aliphatic carbocycles. The van der Waals surface area contributed by atoms with Gasteiger partial charge in [-0.25, -0.2) is 12.8 Å².